The summed E-state index contributed by atoms with van der Waals surface area (Å²) in [5.41, 5.74) is 0.294. The van der Waals surface area contributed by atoms with Crippen molar-refractivity contribution in [1.29, 1.82) is 0 Å². The smallest absolute Gasteiger partial charge is 0.356 e. The van der Waals surface area contributed by atoms with Crippen LogP contribution in [-0.4, -0.2) is 28.0 Å². The van der Waals surface area contributed by atoms with Crippen molar-refractivity contribution < 1.29 is 19.0 Å². The van der Waals surface area contributed by atoms with Gasteiger partial charge in [0.1, 0.15) is 11.6 Å². The van der Waals surface area contributed by atoms with E-state index in [4.69, 9.17) is 9.84 Å². The molecule has 0 bridgehead atoms. The van der Waals surface area contributed by atoms with Gasteiger partial charge < -0.3 is 9.84 Å². The number of ether oxygens (including phenoxy) is 1. The quantitative estimate of drug-likeness (QED) is 0.881. The van der Waals surface area contributed by atoms with Gasteiger partial charge in [0, 0.05) is 18.3 Å². The molecule has 0 fully saturated rings. The summed E-state index contributed by atoms with van der Waals surface area (Å²) in [6, 6.07) is 5.35. The number of aromatic nitrogens is 2. The fourth-order valence-electron chi connectivity index (χ4n) is 1.38. The molecule has 1 heterocycles. The lowest BCUT2D eigenvalue weighted by Crippen LogP contribution is -2.01. The van der Waals surface area contributed by atoms with E-state index < -0.39 is 11.8 Å². The van der Waals surface area contributed by atoms with Gasteiger partial charge in [-0.2, -0.15) is 5.10 Å². The topological polar surface area (TPSA) is 64.3 Å². The molecule has 0 aliphatic carbocycles. The zero-order valence-corrected chi connectivity index (χ0v) is 8.92. The first-order valence-corrected chi connectivity index (χ1v) is 4.74. The van der Waals surface area contributed by atoms with Crippen molar-refractivity contribution >= 4 is 5.97 Å². The number of carbonyl (C=O) groups is 1. The molecule has 2 rings (SSSR count). The molecule has 17 heavy (non-hydrogen) atoms. The van der Waals surface area contributed by atoms with Gasteiger partial charge in [-0.25, -0.2) is 13.9 Å². The molecule has 1 N–H and O–H groups in total. The van der Waals surface area contributed by atoms with Crippen molar-refractivity contribution in [2.75, 3.05) is 7.11 Å². The van der Waals surface area contributed by atoms with Crippen molar-refractivity contribution in [2.24, 2.45) is 0 Å². The third-order valence-corrected chi connectivity index (χ3v) is 2.16. The highest BCUT2D eigenvalue weighted by Gasteiger charge is 2.09. The minimum Gasteiger partial charge on any atom is -0.497 e. The second-order valence-electron chi connectivity index (χ2n) is 3.30. The molecule has 0 saturated heterocycles. The van der Waals surface area contributed by atoms with E-state index in [2.05, 4.69) is 5.10 Å². The van der Waals surface area contributed by atoms with Crippen LogP contribution in [0.5, 0.6) is 5.75 Å². The number of carboxylic acid groups (broad SMARTS) is 1. The SMILES string of the molecule is COc1cc(F)cc(-n2ccc(C(=O)O)n2)c1. The van der Waals surface area contributed by atoms with Gasteiger partial charge in [0.05, 0.1) is 12.8 Å². The van der Waals surface area contributed by atoms with Crippen LogP contribution in [0.15, 0.2) is 30.5 Å². The van der Waals surface area contributed by atoms with E-state index in [1.54, 1.807) is 6.07 Å². The van der Waals surface area contributed by atoms with Gasteiger partial charge >= 0.3 is 5.97 Å². The summed E-state index contributed by atoms with van der Waals surface area (Å²) in [5.74, 6) is -1.27. The Morgan fingerprint density at radius 2 is 2.24 bits per heavy atom. The Kier molecular flexibility index (Phi) is 2.78. The monoisotopic (exact) mass is 236 g/mol. The summed E-state index contributed by atoms with van der Waals surface area (Å²) < 4.78 is 19.4. The molecule has 5 nitrogen and oxygen atoms in total. The maximum absolute atomic E-state index is 13.2. The minimum atomic E-state index is -1.13. The van der Waals surface area contributed by atoms with E-state index in [0.717, 1.165) is 0 Å². The lowest BCUT2D eigenvalue weighted by atomic mass is 10.3. The first-order valence-electron chi connectivity index (χ1n) is 4.74. The molecule has 0 spiro atoms. The Morgan fingerprint density at radius 1 is 1.47 bits per heavy atom. The zero-order chi connectivity index (χ0) is 12.4. The summed E-state index contributed by atoms with van der Waals surface area (Å²) in [6.07, 6.45) is 1.44. The van der Waals surface area contributed by atoms with Gasteiger partial charge in [0.2, 0.25) is 0 Å². The first kappa shape index (κ1) is 11.1. The Bertz CT molecular complexity index is 566. The van der Waals surface area contributed by atoms with Gasteiger partial charge in [-0.05, 0) is 12.1 Å². The van der Waals surface area contributed by atoms with Crippen LogP contribution in [0.3, 0.4) is 0 Å². The number of hydrogen-bond donors (Lipinski definition) is 1. The molecule has 0 aliphatic rings. The van der Waals surface area contributed by atoms with Gasteiger partial charge in [-0.3, -0.25) is 0 Å². The van der Waals surface area contributed by atoms with E-state index in [0.29, 0.717) is 11.4 Å². The first-order chi connectivity index (χ1) is 8.10. The van der Waals surface area contributed by atoms with Gasteiger partial charge in [0.25, 0.3) is 0 Å². The number of halogens is 1. The summed E-state index contributed by atoms with van der Waals surface area (Å²) in [6.45, 7) is 0. The molecule has 0 radical (unpaired) electrons. The van der Waals surface area contributed by atoms with E-state index in [9.17, 15) is 9.18 Å². The highest BCUT2D eigenvalue weighted by atomic mass is 19.1. The number of nitrogens with zero attached hydrogens (tertiary/aromatic N) is 2. The Balaban J connectivity index is 2.44. The van der Waals surface area contributed by atoms with Crippen molar-refractivity contribution in [3.05, 3.63) is 42.0 Å². The van der Waals surface area contributed by atoms with Crippen LogP contribution < -0.4 is 4.74 Å². The zero-order valence-electron chi connectivity index (χ0n) is 8.92. The standard InChI is InChI=1S/C11H9FN2O3/c1-17-9-5-7(12)4-8(6-9)14-3-2-10(13-14)11(15)16/h2-6H,1H3,(H,15,16). The molecule has 1 aromatic heterocycles. The van der Waals surface area contributed by atoms with Gasteiger partial charge in [-0.15, -0.1) is 0 Å². The highest BCUT2D eigenvalue weighted by molar-refractivity contribution is 5.85. The van der Waals surface area contributed by atoms with Crippen LogP contribution in [0.1, 0.15) is 10.5 Å². The molecule has 0 saturated carbocycles. The average Bonchev–Trinajstić information content (AvgIpc) is 2.77. The predicted octanol–water partition coefficient (Wildman–Crippen LogP) is 1.72. The largest absolute Gasteiger partial charge is 0.497 e. The normalized spacial score (nSPS) is 10.2. The predicted molar refractivity (Wildman–Crippen MR) is 57.0 cm³/mol. The molecule has 0 aliphatic heterocycles. The van der Waals surface area contributed by atoms with Crippen LogP contribution in [0.25, 0.3) is 5.69 Å². The van der Waals surface area contributed by atoms with Crippen LogP contribution in [0.4, 0.5) is 4.39 Å². The number of hydrogen-bond acceptors (Lipinski definition) is 3. The average molecular weight is 236 g/mol. The highest BCUT2D eigenvalue weighted by Crippen LogP contribution is 2.18. The molecule has 0 amide bonds. The number of benzene rings is 1. The summed E-state index contributed by atoms with van der Waals surface area (Å²) >= 11 is 0. The van der Waals surface area contributed by atoms with E-state index in [1.165, 1.54) is 36.2 Å². The van der Waals surface area contributed by atoms with Crippen molar-refractivity contribution in [2.45, 2.75) is 0 Å². The fraction of sp³-hybridized carbons (Fsp3) is 0.0909. The summed E-state index contributed by atoms with van der Waals surface area (Å²) in [5, 5.41) is 12.5. The lowest BCUT2D eigenvalue weighted by Gasteiger charge is -2.05. The molecule has 2 aromatic rings. The second-order valence-corrected chi connectivity index (χ2v) is 3.30. The lowest BCUT2D eigenvalue weighted by molar-refractivity contribution is 0.0690. The third-order valence-electron chi connectivity index (χ3n) is 2.16. The number of carboxylic acids is 1. The summed E-state index contributed by atoms with van der Waals surface area (Å²) in [4.78, 5) is 10.7. The van der Waals surface area contributed by atoms with E-state index in [-0.39, 0.29) is 5.69 Å². The molecule has 0 atom stereocenters. The Labute approximate surface area is 96.1 Å². The molecule has 88 valence electrons. The maximum atomic E-state index is 13.2. The van der Waals surface area contributed by atoms with Crippen LogP contribution in [0, 0.1) is 5.82 Å². The van der Waals surface area contributed by atoms with Crippen molar-refractivity contribution in [1.82, 2.24) is 9.78 Å². The molecule has 1 aromatic carbocycles. The van der Waals surface area contributed by atoms with E-state index in [1.807, 2.05) is 0 Å². The van der Waals surface area contributed by atoms with Crippen LogP contribution in [0.2, 0.25) is 0 Å². The van der Waals surface area contributed by atoms with Crippen molar-refractivity contribution in [3.63, 3.8) is 0 Å². The minimum absolute atomic E-state index is 0.103. The molecule has 6 heteroatoms. The molecular formula is C11H9FN2O3. The summed E-state index contributed by atoms with van der Waals surface area (Å²) in [7, 11) is 1.42. The van der Waals surface area contributed by atoms with Crippen LogP contribution in [-0.2, 0) is 0 Å². The van der Waals surface area contributed by atoms with E-state index >= 15 is 0 Å². The maximum Gasteiger partial charge on any atom is 0.356 e. The van der Waals surface area contributed by atoms with Crippen molar-refractivity contribution in [3.8, 4) is 11.4 Å². The third kappa shape index (κ3) is 2.25. The van der Waals surface area contributed by atoms with Gasteiger partial charge in [0.15, 0.2) is 5.69 Å². The number of aromatic carboxylic acids is 1. The van der Waals surface area contributed by atoms with Crippen LogP contribution >= 0.6 is 0 Å². The second kappa shape index (κ2) is 4.25. The number of methoxy groups -OCH3 is 1. The Morgan fingerprint density at radius 3 is 2.82 bits per heavy atom. The molecular weight excluding hydrogens is 227 g/mol. The molecule has 0 unspecified atom stereocenters. The Hall–Kier alpha value is -2.37. The van der Waals surface area contributed by atoms with Gasteiger partial charge in [-0.1, -0.05) is 0 Å². The number of rotatable bonds is 3. The fourth-order valence-corrected chi connectivity index (χ4v) is 1.38.